The number of aliphatic hydroxyl groups excluding tert-OH is 4. The van der Waals surface area contributed by atoms with Crippen molar-refractivity contribution in [1.29, 1.82) is 0 Å². The van der Waals surface area contributed by atoms with Crippen molar-refractivity contribution in [3.8, 4) is 0 Å². The molecule has 0 aromatic rings. The van der Waals surface area contributed by atoms with Crippen molar-refractivity contribution in [2.45, 2.75) is 179 Å². The molecule has 9 nitrogen and oxygen atoms in total. The molecule has 1 fully saturated rings. The van der Waals surface area contributed by atoms with Gasteiger partial charge in [0.1, 0.15) is 30.5 Å². The maximum absolute atomic E-state index is 12.8. The number of rotatable bonds is 36. The van der Waals surface area contributed by atoms with E-state index < -0.39 is 43.4 Å². The highest BCUT2D eigenvalue weighted by Gasteiger charge is 2.44. The number of hydrogen-bond donors (Lipinski definition) is 4. The highest BCUT2D eigenvalue weighted by molar-refractivity contribution is 5.69. The van der Waals surface area contributed by atoms with Crippen molar-refractivity contribution in [3.63, 3.8) is 0 Å². The molecule has 0 saturated carbocycles. The third-order valence-electron chi connectivity index (χ3n) is 9.50. The molecule has 0 radical (unpaired) electrons. The van der Waals surface area contributed by atoms with Crippen LogP contribution in [0.25, 0.3) is 0 Å². The van der Waals surface area contributed by atoms with E-state index in [1.54, 1.807) is 0 Å². The average Bonchev–Trinajstić information content (AvgIpc) is 3.22. The lowest BCUT2D eigenvalue weighted by molar-refractivity contribution is -0.305. The Morgan fingerprint density at radius 2 is 1.00 bits per heavy atom. The van der Waals surface area contributed by atoms with Gasteiger partial charge in [-0.25, -0.2) is 0 Å². The van der Waals surface area contributed by atoms with Gasteiger partial charge in [0.2, 0.25) is 0 Å². The first-order valence-corrected chi connectivity index (χ1v) is 22.3. The van der Waals surface area contributed by atoms with Gasteiger partial charge in [-0.15, -0.1) is 0 Å². The summed E-state index contributed by atoms with van der Waals surface area (Å²) in [6, 6.07) is 0. The molecule has 58 heavy (non-hydrogen) atoms. The minimum absolute atomic E-state index is 0.105. The molecule has 0 bridgehead atoms. The molecule has 4 N–H and O–H groups in total. The lowest BCUT2D eigenvalue weighted by atomic mass is 9.99. The fourth-order valence-electron chi connectivity index (χ4n) is 6.06. The summed E-state index contributed by atoms with van der Waals surface area (Å²) >= 11 is 0. The molecule has 9 heteroatoms. The quantitative estimate of drug-likeness (QED) is 0.0277. The Hall–Kier alpha value is -2.89. The van der Waals surface area contributed by atoms with Gasteiger partial charge in [-0.2, -0.15) is 0 Å². The molecule has 1 aliphatic rings. The number of unbranched alkanes of at least 4 members (excludes halogenated alkanes) is 9. The summed E-state index contributed by atoms with van der Waals surface area (Å²) in [5.74, 6) is -0.344. The monoisotopic (exact) mass is 813 g/mol. The lowest BCUT2D eigenvalue weighted by Crippen LogP contribution is -2.59. The van der Waals surface area contributed by atoms with Gasteiger partial charge in [-0.05, 0) is 89.9 Å². The summed E-state index contributed by atoms with van der Waals surface area (Å²) in [6.45, 7) is 4.19. The maximum atomic E-state index is 12.8. The van der Waals surface area contributed by atoms with Crippen LogP contribution in [0.1, 0.15) is 142 Å². The number of aliphatic hydroxyl groups is 4. The van der Waals surface area contributed by atoms with Crippen LogP contribution in [0.3, 0.4) is 0 Å². The molecule has 0 aromatic carbocycles. The first-order chi connectivity index (χ1) is 28.4. The summed E-state index contributed by atoms with van der Waals surface area (Å²) in [6.07, 6.45) is 47.2. The molecule has 1 saturated heterocycles. The molecular formula is C49H80O9. The van der Waals surface area contributed by atoms with Crippen LogP contribution >= 0.6 is 0 Å². The first-order valence-electron chi connectivity index (χ1n) is 22.3. The molecule has 6 unspecified atom stereocenters. The zero-order valence-electron chi connectivity index (χ0n) is 36.0. The highest BCUT2D eigenvalue weighted by atomic mass is 16.7. The summed E-state index contributed by atoms with van der Waals surface area (Å²) in [7, 11) is 0. The van der Waals surface area contributed by atoms with Crippen molar-refractivity contribution in [1.82, 2.24) is 0 Å². The largest absolute Gasteiger partial charge is 0.457 e. The number of carbonyl (C=O) groups is 1. The van der Waals surface area contributed by atoms with E-state index >= 15 is 0 Å². The van der Waals surface area contributed by atoms with Crippen molar-refractivity contribution in [3.05, 3.63) is 97.2 Å². The Balaban J connectivity index is 2.33. The second kappa shape index (κ2) is 39.6. The number of allylic oxidation sites excluding steroid dienone is 16. The van der Waals surface area contributed by atoms with Crippen molar-refractivity contribution >= 4 is 5.97 Å². The van der Waals surface area contributed by atoms with E-state index in [1.165, 1.54) is 19.3 Å². The van der Waals surface area contributed by atoms with Crippen LogP contribution in [-0.4, -0.2) is 89.6 Å². The molecule has 1 heterocycles. The lowest BCUT2D eigenvalue weighted by Gasteiger charge is -2.39. The normalized spacial score (nSPS) is 21.2. The zero-order valence-corrected chi connectivity index (χ0v) is 36.0. The Morgan fingerprint density at radius 1 is 0.552 bits per heavy atom. The van der Waals surface area contributed by atoms with E-state index in [4.69, 9.17) is 18.9 Å². The molecule has 6 atom stereocenters. The number of carbonyl (C=O) groups excluding carboxylic acids is 1. The van der Waals surface area contributed by atoms with Crippen LogP contribution in [-0.2, 0) is 23.7 Å². The predicted molar refractivity (Wildman–Crippen MR) is 237 cm³/mol. The molecule has 1 rings (SSSR count). The van der Waals surface area contributed by atoms with Gasteiger partial charge in [0, 0.05) is 13.0 Å². The Bertz CT molecular complexity index is 1200. The van der Waals surface area contributed by atoms with Crippen LogP contribution in [0, 0.1) is 0 Å². The van der Waals surface area contributed by atoms with Crippen molar-refractivity contribution in [2.75, 3.05) is 26.4 Å². The van der Waals surface area contributed by atoms with Crippen molar-refractivity contribution < 1.29 is 44.2 Å². The third kappa shape index (κ3) is 30.2. The molecule has 330 valence electrons. The Morgan fingerprint density at radius 3 is 1.50 bits per heavy atom. The van der Waals surface area contributed by atoms with Crippen LogP contribution in [0.2, 0.25) is 0 Å². The van der Waals surface area contributed by atoms with Gasteiger partial charge in [-0.3, -0.25) is 4.79 Å². The van der Waals surface area contributed by atoms with Crippen molar-refractivity contribution in [2.24, 2.45) is 0 Å². The second-order valence-electron chi connectivity index (χ2n) is 14.7. The molecular weight excluding hydrogens is 733 g/mol. The van der Waals surface area contributed by atoms with Gasteiger partial charge in [0.25, 0.3) is 0 Å². The summed E-state index contributed by atoms with van der Waals surface area (Å²) in [5.41, 5.74) is 0. The molecule has 0 aromatic heterocycles. The summed E-state index contributed by atoms with van der Waals surface area (Å²) in [4.78, 5) is 12.8. The molecule has 0 spiro atoms. The van der Waals surface area contributed by atoms with Crippen LogP contribution < -0.4 is 0 Å². The van der Waals surface area contributed by atoms with E-state index in [0.29, 0.717) is 6.61 Å². The van der Waals surface area contributed by atoms with Crippen LogP contribution in [0.15, 0.2) is 97.2 Å². The average molecular weight is 813 g/mol. The topological polar surface area (TPSA) is 135 Å². The number of esters is 1. The highest BCUT2D eigenvalue weighted by Crippen LogP contribution is 2.22. The summed E-state index contributed by atoms with van der Waals surface area (Å²) < 4.78 is 22.7. The van der Waals surface area contributed by atoms with Crippen LogP contribution in [0.4, 0.5) is 0 Å². The van der Waals surface area contributed by atoms with Gasteiger partial charge < -0.3 is 39.4 Å². The fraction of sp³-hybridized carbons (Fsp3) is 0.653. The minimum Gasteiger partial charge on any atom is -0.457 e. The maximum Gasteiger partial charge on any atom is 0.306 e. The predicted octanol–water partition coefficient (Wildman–Crippen LogP) is 10.0. The van der Waals surface area contributed by atoms with E-state index in [1.807, 2.05) is 0 Å². The summed E-state index contributed by atoms with van der Waals surface area (Å²) in [5, 5.41) is 40.1. The van der Waals surface area contributed by atoms with E-state index in [0.717, 1.165) is 103 Å². The minimum atomic E-state index is -1.55. The SMILES string of the molecule is CC/C=C\C/C=C\C/C=C\C/C=C\C/C=C\CCCCOCC(COC1OC(CO)C(O)C(O)C1O)OC(=O)CCCCCCCCC/C=C\C/C=C\C/C=C\CC. The smallest absolute Gasteiger partial charge is 0.306 e. The van der Waals surface area contributed by atoms with Gasteiger partial charge in [-0.1, -0.05) is 143 Å². The van der Waals surface area contributed by atoms with Gasteiger partial charge >= 0.3 is 5.97 Å². The standard InChI is InChI=1S/C49H80O9/c1-3-5-7-9-11-13-15-17-19-21-23-25-27-29-31-33-35-37-39-55-41-43(42-56-49-48(54)47(53)46(52)44(40-50)58-49)57-45(51)38-36-34-32-30-28-26-24-22-20-18-16-14-12-10-8-6-4-2/h5-8,11-14,17-20,23,25,29,31,43-44,46-50,52-54H,3-4,9-10,15-16,21-22,24,26-28,30,32-42H2,1-2H3/b7-5-,8-6-,13-11-,14-12-,19-17-,20-18-,25-23-,31-29-. The fourth-order valence-corrected chi connectivity index (χ4v) is 6.06. The zero-order chi connectivity index (χ0) is 42.2. The van der Waals surface area contributed by atoms with Gasteiger partial charge in [0.05, 0.1) is 19.8 Å². The Labute approximate surface area is 352 Å². The molecule has 0 amide bonds. The second-order valence-corrected chi connectivity index (χ2v) is 14.7. The molecule has 0 aliphatic carbocycles. The molecule has 1 aliphatic heterocycles. The van der Waals surface area contributed by atoms with E-state index in [9.17, 15) is 25.2 Å². The number of hydrogen-bond acceptors (Lipinski definition) is 9. The van der Waals surface area contributed by atoms with E-state index in [2.05, 4.69) is 111 Å². The number of ether oxygens (including phenoxy) is 4. The van der Waals surface area contributed by atoms with Crippen LogP contribution in [0.5, 0.6) is 0 Å². The third-order valence-corrected chi connectivity index (χ3v) is 9.50. The Kier molecular flexibility index (Phi) is 36.2. The first kappa shape index (κ1) is 53.1. The van der Waals surface area contributed by atoms with E-state index in [-0.39, 0.29) is 25.6 Å². The van der Waals surface area contributed by atoms with Gasteiger partial charge in [0.15, 0.2) is 6.29 Å².